The Bertz CT molecular complexity index is 614. The summed E-state index contributed by atoms with van der Waals surface area (Å²) in [5.41, 5.74) is 2.34. The lowest BCUT2D eigenvalue weighted by atomic mass is 10.2. The predicted molar refractivity (Wildman–Crippen MR) is 95.3 cm³/mol. The molecule has 23 heavy (non-hydrogen) atoms. The largest absolute Gasteiger partial charge is 0.353 e. The van der Waals surface area contributed by atoms with Crippen molar-refractivity contribution in [3.05, 3.63) is 36.0 Å². The minimum Gasteiger partial charge on any atom is -0.353 e. The van der Waals surface area contributed by atoms with Crippen LogP contribution in [0.3, 0.4) is 0 Å². The highest BCUT2D eigenvalue weighted by Crippen LogP contribution is 2.23. The van der Waals surface area contributed by atoms with Crippen molar-refractivity contribution in [3.63, 3.8) is 0 Å². The van der Waals surface area contributed by atoms with Crippen LogP contribution in [-0.2, 0) is 0 Å². The average Bonchev–Trinajstić information content (AvgIpc) is 2.53. The Balaban J connectivity index is 2.08. The fraction of sp³-hybridized carbons (Fsp3) is 0.471. The summed E-state index contributed by atoms with van der Waals surface area (Å²) >= 11 is 0. The van der Waals surface area contributed by atoms with Crippen LogP contribution in [0.1, 0.15) is 18.9 Å². The van der Waals surface area contributed by atoms with Crippen LogP contribution in [0.5, 0.6) is 0 Å². The van der Waals surface area contributed by atoms with E-state index < -0.39 is 0 Å². The first-order chi connectivity index (χ1) is 11.1. The topological polar surface area (TPSA) is 57.2 Å². The van der Waals surface area contributed by atoms with Gasteiger partial charge in [-0.25, -0.2) is 0 Å². The van der Waals surface area contributed by atoms with E-state index in [0.29, 0.717) is 5.95 Å². The van der Waals surface area contributed by atoms with E-state index in [0.717, 1.165) is 37.6 Å². The van der Waals surface area contributed by atoms with Gasteiger partial charge in [-0.05, 0) is 58.6 Å². The van der Waals surface area contributed by atoms with Crippen molar-refractivity contribution >= 4 is 17.5 Å². The smallest absolute Gasteiger partial charge is 0.244 e. The van der Waals surface area contributed by atoms with Crippen LogP contribution < -0.4 is 10.2 Å². The Morgan fingerprint density at radius 3 is 2.74 bits per heavy atom. The number of aromatic nitrogens is 3. The lowest BCUT2D eigenvalue weighted by Gasteiger charge is -2.22. The third-order valence-electron chi connectivity index (χ3n) is 3.52. The summed E-state index contributed by atoms with van der Waals surface area (Å²) in [5, 5.41) is 11.4. The molecule has 1 heterocycles. The van der Waals surface area contributed by atoms with Crippen LogP contribution in [0.4, 0.5) is 17.5 Å². The summed E-state index contributed by atoms with van der Waals surface area (Å²) in [5.74, 6) is 1.38. The molecule has 124 valence electrons. The SMILES string of the molecule is CCN(c1cccc(C)c1)c1cnnc(NCCCN(C)C)n1. The fourth-order valence-electron chi connectivity index (χ4n) is 2.37. The number of aryl methyl sites for hydroxylation is 1. The second-order valence-electron chi connectivity index (χ2n) is 5.81. The number of nitrogens with one attached hydrogen (secondary N) is 1. The van der Waals surface area contributed by atoms with Gasteiger partial charge in [-0.1, -0.05) is 12.1 Å². The first-order valence-corrected chi connectivity index (χ1v) is 8.02. The van der Waals surface area contributed by atoms with Crippen LogP contribution in [-0.4, -0.2) is 53.8 Å². The van der Waals surface area contributed by atoms with Crippen LogP contribution >= 0.6 is 0 Å². The normalized spacial score (nSPS) is 10.8. The van der Waals surface area contributed by atoms with Crippen LogP contribution in [0, 0.1) is 6.92 Å². The van der Waals surface area contributed by atoms with E-state index >= 15 is 0 Å². The highest BCUT2D eigenvalue weighted by atomic mass is 15.3. The molecule has 1 N–H and O–H groups in total. The molecular formula is C17H26N6. The van der Waals surface area contributed by atoms with Gasteiger partial charge < -0.3 is 15.1 Å². The zero-order chi connectivity index (χ0) is 16.7. The number of rotatable bonds is 8. The van der Waals surface area contributed by atoms with Gasteiger partial charge in [-0.2, -0.15) is 10.1 Å². The average molecular weight is 314 g/mol. The molecule has 0 amide bonds. The molecule has 1 aromatic carbocycles. The number of nitrogens with zero attached hydrogens (tertiary/aromatic N) is 5. The quantitative estimate of drug-likeness (QED) is 0.756. The van der Waals surface area contributed by atoms with Gasteiger partial charge in [0.25, 0.3) is 0 Å². The predicted octanol–water partition coefficient (Wildman–Crippen LogP) is 2.70. The molecular weight excluding hydrogens is 288 g/mol. The van der Waals surface area contributed by atoms with Crippen molar-refractivity contribution in [1.29, 1.82) is 0 Å². The first kappa shape index (κ1) is 17.1. The number of hydrogen-bond donors (Lipinski definition) is 1. The van der Waals surface area contributed by atoms with E-state index in [1.165, 1.54) is 5.56 Å². The van der Waals surface area contributed by atoms with Crippen LogP contribution in [0.2, 0.25) is 0 Å². The monoisotopic (exact) mass is 314 g/mol. The molecule has 2 aromatic rings. The molecule has 0 saturated carbocycles. The molecule has 0 atom stereocenters. The van der Waals surface area contributed by atoms with Gasteiger partial charge in [0.1, 0.15) is 0 Å². The molecule has 0 aliphatic carbocycles. The number of anilines is 3. The minimum absolute atomic E-state index is 0.576. The summed E-state index contributed by atoms with van der Waals surface area (Å²) in [4.78, 5) is 8.89. The van der Waals surface area contributed by atoms with Gasteiger partial charge >= 0.3 is 0 Å². The van der Waals surface area contributed by atoms with E-state index in [1.54, 1.807) is 6.20 Å². The van der Waals surface area contributed by atoms with Crippen molar-refractivity contribution in [2.24, 2.45) is 0 Å². The van der Waals surface area contributed by atoms with Crippen molar-refractivity contribution in [1.82, 2.24) is 20.1 Å². The summed E-state index contributed by atoms with van der Waals surface area (Å²) in [6, 6.07) is 8.38. The molecule has 0 saturated heterocycles. The van der Waals surface area contributed by atoms with Gasteiger partial charge in [0.2, 0.25) is 5.95 Å². The molecule has 0 radical (unpaired) electrons. The Hall–Kier alpha value is -2.21. The summed E-state index contributed by atoms with van der Waals surface area (Å²) in [6.45, 7) is 6.88. The highest BCUT2D eigenvalue weighted by molar-refractivity contribution is 5.60. The van der Waals surface area contributed by atoms with Crippen molar-refractivity contribution in [3.8, 4) is 0 Å². The molecule has 0 bridgehead atoms. The fourth-order valence-corrected chi connectivity index (χ4v) is 2.37. The zero-order valence-corrected chi connectivity index (χ0v) is 14.5. The van der Waals surface area contributed by atoms with E-state index in [1.807, 2.05) is 0 Å². The van der Waals surface area contributed by atoms with Crippen molar-refractivity contribution in [2.45, 2.75) is 20.3 Å². The maximum absolute atomic E-state index is 4.59. The summed E-state index contributed by atoms with van der Waals surface area (Å²) < 4.78 is 0. The molecule has 2 rings (SSSR count). The van der Waals surface area contributed by atoms with Gasteiger partial charge in [0.15, 0.2) is 5.82 Å². The van der Waals surface area contributed by atoms with E-state index in [2.05, 4.69) is 82.5 Å². The molecule has 0 spiro atoms. The summed E-state index contributed by atoms with van der Waals surface area (Å²) in [7, 11) is 4.14. The number of hydrogen-bond acceptors (Lipinski definition) is 6. The second-order valence-corrected chi connectivity index (χ2v) is 5.81. The third-order valence-corrected chi connectivity index (χ3v) is 3.52. The Labute approximate surface area is 138 Å². The maximum atomic E-state index is 4.59. The molecule has 6 heteroatoms. The Kier molecular flexibility index (Phi) is 6.29. The van der Waals surface area contributed by atoms with E-state index in [-0.39, 0.29) is 0 Å². The molecule has 1 aromatic heterocycles. The van der Waals surface area contributed by atoms with Gasteiger partial charge in [-0.3, -0.25) is 0 Å². The maximum Gasteiger partial charge on any atom is 0.244 e. The molecule has 0 unspecified atom stereocenters. The van der Waals surface area contributed by atoms with Crippen molar-refractivity contribution < 1.29 is 0 Å². The molecule has 0 aliphatic heterocycles. The van der Waals surface area contributed by atoms with Crippen LogP contribution in [0.15, 0.2) is 30.5 Å². The summed E-state index contributed by atoms with van der Waals surface area (Å²) in [6.07, 6.45) is 2.74. The third kappa shape index (κ3) is 5.17. The highest BCUT2D eigenvalue weighted by Gasteiger charge is 2.10. The first-order valence-electron chi connectivity index (χ1n) is 8.02. The molecule has 0 fully saturated rings. The van der Waals surface area contributed by atoms with E-state index in [4.69, 9.17) is 0 Å². The van der Waals surface area contributed by atoms with E-state index in [9.17, 15) is 0 Å². The number of benzene rings is 1. The zero-order valence-electron chi connectivity index (χ0n) is 14.5. The standard InChI is InChI=1S/C17H26N6/c1-5-23(15-9-6-8-14(2)12-15)16-13-19-21-17(20-16)18-10-7-11-22(3)4/h6,8-9,12-13H,5,7,10-11H2,1-4H3,(H,18,20,21). The Morgan fingerprint density at radius 1 is 1.22 bits per heavy atom. The minimum atomic E-state index is 0.576. The lowest BCUT2D eigenvalue weighted by molar-refractivity contribution is 0.405. The van der Waals surface area contributed by atoms with Crippen molar-refractivity contribution in [2.75, 3.05) is 43.9 Å². The lowest BCUT2D eigenvalue weighted by Crippen LogP contribution is -2.20. The van der Waals surface area contributed by atoms with Crippen LogP contribution in [0.25, 0.3) is 0 Å². The molecule has 6 nitrogen and oxygen atoms in total. The second kappa shape index (κ2) is 8.43. The van der Waals surface area contributed by atoms with Gasteiger partial charge in [0, 0.05) is 18.8 Å². The molecule has 0 aliphatic rings. The van der Waals surface area contributed by atoms with Gasteiger partial charge in [0.05, 0.1) is 6.20 Å². The van der Waals surface area contributed by atoms with Gasteiger partial charge in [-0.15, -0.1) is 5.10 Å². The Morgan fingerprint density at radius 2 is 2.04 bits per heavy atom.